The van der Waals surface area contributed by atoms with E-state index in [9.17, 15) is 0 Å². The number of allylic oxidation sites excluding steroid dienone is 1. The largest absolute Gasteiger partial charge is 0.484 e. The minimum absolute atomic E-state index is 0.444. The van der Waals surface area contributed by atoms with Gasteiger partial charge in [-0.05, 0) is 12.3 Å². The molecule has 1 aliphatic rings. The van der Waals surface area contributed by atoms with Gasteiger partial charge < -0.3 is 4.74 Å². The van der Waals surface area contributed by atoms with Crippen LogP contribution in [0.2, 0.25) is 0 Å². The lowest BCUT2D eigenvalue weighted by molar-refractivity contribution is 0.337. The highest BCUT2D eigenvalue weighted by molar-refractivity contribution is 5.80. The molecule has 0 amide bonds. The average Bonchev–Trinajstić information content (AvgIpc) is 2.09. The van der Waals surface area contributed by atoms with Gasteiger partial charge in [-0.2, -0.15) is 0 Å². The lowest BCUT2D eigenvalue weighted by atomic mass is 9.88. The molecule has 2 heteroatoms. The molecule has 0 aromatic heterocycles. The molecule has 2 unspecified atom stereocenters. The standard InChI is InChI=1S/C10H17NO/c1-4-5-9-6-7-11-10(12-3)8(9)2/h6-9H,4-5H2,1-3H3. The van der Waals surface area contributed by atoms with Gasteiger partial charge in [-0.3, -0.25) is 0 Å². The number of methoxy groups -OCH3 is 1. The summed E-state index contributed by atoms with van der Waals surface area (Å²) in [5.74, 6) is 1.93. The van der Waals surface area contributed by atoms with Gasteiger partial charge in [-0.25, -0.2) is 4.99 Å². The molecule has 0 N–H and O–H groups in total. The van der Waals surface area contributed by atoms with Crippen LogP contribution in [-0.2, 0) is 4.74 Å². The highest BCUT2D eigenvalue weighted by Gasteiger charge is 2.22. The van der Waals surface area contributed by atoms with Gasteiger partial charge in [0.2, 0.25) is 0 Å². The lowest BCUT2D eigenvalue weighted by Gasteiger charge is -2.23. The van der Waals surface area contributed by atoms with Crippen molar-refractivity contribution >= 4 is 5.90 Å². The molecule has 0 saturated heterocycles. The van der Waals surface area contributed by atoms with E-state index in [1.54, 1.807) is 7.11 Å². The van der Waals surface area contributed by atoms with E-state index in [1.807, 2.05) is 6.20 Å². The summed E-state index contributed by atoms with van der Waals surface area (Å²) in [6.45, 7) is 4.38. The van der Waals surface area contributed by atoms with Gasteiger partial charge in [-0.15, -0.1) is 0 Å². The Morgan fingerprint density at radius 1 is 1.58 bits per heavy atom. The quantitative estimate of drug-likeness (QED) is 0.619. The summed E-state index contributed by atoms with van der Waals surface area (Å²) in [5.41, 5.74) is 0. The second kappa shape index (κ2) is 4.29. The first-order valence-corrected chi connectivity index (χ1v) is 4.58. The maximum absolute atomic E-state index is 5.18. The molecule has 1 heterocycles. The fourth-order valence-electron chi connectivity index (χ4n) is 1.61. The van der Waals surface area contributed by atoms with Crippen LogP contribution in [0.3, 0.4) is 0 Å². The van der Waals surface area contributed by atoms with Crippen molar-refractivity contribution in [2.75, 3.05) is 7.11 Å². The Hall–Kier alpha value is -0.790. The van der Waals surface area contributed by atoms with Gasteiger partial charge in [0.15, 0.2) is 5.90 Å². The van der Waals surface area contributed by atoms with E-state index in [1.165, 1.54) is 12.8 Å². The van der Waals surface area contributed by atoms with Crippen molar-refractivity contribution in [2.45, 2.75) is 26.7 Å². The van der Waals surface area contributed by atoms with Gasteiger partial charge >= 0.3 is 0 Å². The minimum atomic E-state index is 0.444. The van der Waals surface area contributed by atoms with Crippen molar-refractivity contribution in [3.63, 3.8) is 0 Å². The van der Waals surface area contributed by atoms with Crippen molar-refractivity contribution < 1.29 is 4.74 Å². The number of aliphatic imine (C=N–C) groups is 1. The second-order valence-corrected chi connectivity index (χ2v) is 3.25. The van der Waals surface area contributed by atoms with E-state index < -0.39 is 0 Å². The third-order valence-electron chi connectivity index (χ3n) is 2.40. The predicted octanol–water partition coefficient (Wildman–Crippen LogP) is 2.61. The monoisotopic (exact) mass is 167 g/mol. The zero-order chi connectivity index (χ0) is 8.97. The van der Waals surface area contributed by atoms with Crippen LogP contribution in [-0.4, -0.2) is 13.0 Å². The first-order chi connectivity index (χ1) is 5.79. The van der Waals surface area contributed by atoms with Gasteiger partial charge in [0.25, 0.3) is 0 Å². The van der Waals surface area contributed by atoms with Crippen molar-refractivity contribution in [1.82, 2.24) is 0 Å². The summed E-state index contributed by atoms with van der Waals surface area (Å²) >= 11 is 0. The van der Waals surface area contributed by atoms with E-state index in [0.717, 1.165) is 5.90 Å². The maximum Gasteiger partial charge on any atom is 0.191 e. The Morgan fingerprint density at radius 3 is 2.92 bits per heavy atom. The van der Waals surface area contributed by atoms with Crippen LogP contribution in [0.25, 0.3) is 0 Å². The van der Waals surface area contributed by atoms with Gasteiger partial charge in [0.1, 0.15) is 0 Å². The van der Waals surface area contributed by atoms with Crippen LogP contribution in [0.15, 0.2) is 17.3 Å². The molecule has 0 aromatic rings. The summed E-state index contributed by atoms with van der Waals surface area (Å²) in [7, 11) is 1.69. The molecule has 12 heavy (non-hydrogen) atoms. The van der Waals surface area contributed by atoms with Gasteiger partial charge in [0.05, 0.1) is 7.11 Å². The number of hydrogen-bond donors (Lipinski definition) is 0. The van der Waals surface area contributed by atoms with Gasteiger partial charge in [0, 0.05) is 12.1 Å². The molecule has 2 nitrogen and oxygen atoms in total. The highest BCUT2D eigenvalue weighted by atomic mass is 16.5. The zero-order valence-electron chi connectivity index (χ0n) is 8.08. The summed E-state index contributed by atoms with van der Waals surface area (Å²) in [5, 5.41) is 0. The topological polar surface area (TPSA) is 21.6 Å². The summed E-state index contributed by atoms with van der Waals surface area (Å²) in [4.78, 5) is 4.18. The first-order valence-electron chi connectivity index (χ1n) is 4.58. The normalized spacial score (nSPS) is 28.4. The number of hydrogen-bond acceptors (Lipinski definition) is 2. The van der Waals surface area contributed by atoms with Crippen LogP contribution in [0, 0.1) is 11.8 Å². The molecular formula is C10H17NO. The molecule has 0 aliphatic carbocycles. The summed E-state index contributed by atoms with van der Waals surface area (Å²) in [6, 6.07) is 0. The van der Waals surface area contributed by atoms with Crippen molar-refractivity contribution in [3.05, 3.63) is 12.3 Å². The van der Waals surface area contributed by atoms with Crippen molar-refractivity contribution in [2.24, 2.45) is 16.8 Å². The number of ether oxygens (including phenoxy) is 1. The lowest BCUT2D eigenvalue weighted by Crippen LogP contribution is -2.23. The number of rotatable bonds is 2. The molecule has 0 bridgehead atoms. The van der Waals surface area contributed by atoms with Crippen LogP contribution in [0.4, 0.5) is 0 Å². The Labute approximate surface area is 74.3 Å². The Morgan fingerprint density at radius 2 is 2.33 bits per heavy atom. The Balaban J connectivity index is 2.60. The van der Waals surface area contributed by atoms with Crippen LogP contribution >= 0.6 is 0 Å². The van der Waals surface area contributed by atoms with E-state index >= 15 is 0 Å². The molecule has 1 rings (SSSR count). The Kier molecular flexibility index (Phi) is 3.32. The summed E-state index contributed by atoms with van der Waals surface area (Å²) in [6.07, 6.45) is 6.48. The molecular weight excluding hydrogens is 150 g/mol. The molecule has 1 aliphatic heterocycles. The minimum Gasteiger partial charge on any atom is -0.484 e. The molecule has 0 saturated carbocycles. The smallest absolute Gasteiger partial charge is 0.191 e. The van der Waals surface area contributed by atoms with E-state index in [0.29, 0.717) is 11.8 Å². The van der Waals surface area contributed by atoms with E-state index in [4.69, 9.17) is 4.74 Å². The molecule has 68 valence electrons. The van der Waals surface area contributed by atoms with Crippen LogP contribution in [0.1, 0.15) is 26.7 Å². The third-order valence-corrected chi connectivity index (χ3v) is 2.40. The molecule has 0 fully saturated rings. The fraction of sp³-hybridized carbons (Fsp3) is 0.700. The maximum atomic E-state index is 5.18. The van der Waals surface area contributed by atoms with Crippen LogP contribution in [0.5, 0.6) is 0 Å². The predicted molar refractivity (Wildman–Crippen MR) is 51.1 cm³/mol. The van der Waals surface area contributed by atoms with Crippen molar-refractivity contribution in [3.8, 4) is 0 Å². The second-order valence-electron chi connectivity index (χ2n) is 3.25. The fourth-order valence-corrected chi connectivity index (χ4v) is 1.61. The molecule has 2 atom stereocenters. The van der Waals surface area contributed by atoms with E-state index in [-0.39, 0.29) is 0 Å². The average molecular weight is 167 g/mol. The zero-order valence-corrected chi connectivity index (χ0v) is 8.08. The molecule has 0 aromatic carbocycles. The van der Waals surface area contributed by atoms with Crippen molar-refractivity contribution in [1.29, 1.82) is 0 Å². The summed E-state index contributed by atoms with van der Waals surface area (Å²) < 4.78 is 5.18. The molecule has 0 spiro atoms. The van der Waals surface area contributed by atoms with Crippen LogP contribution < -0.4 is 0 Å². The van der Waals surface area contributed by atoms with E-state index in [2.05, 4.69) is 24.9 Å². The first kappa shape index (κ1) is 9.30. The Bertz CT molecular complexity index is 196. The third kappa shape index (κ3) is 1.87. The number of nitrogens with zero attached hydrogens (tertiary/aromatic N) is 1. The SMILES string of the molecule is CCCC1C=CN=C(OC)C1C. The van der Waals surface area contributed by atoms with Gasteiger partial charge in [-0.1, -0.05) is 26.3 Å². The molecule has 0 radical (unpaired) electrons. The highest BCUT2D eigenvalue weighted by Crippen LogP contribution is 2.24.